The number of ether oxygens (including phenoxy) is 1. The van der Waals surface area contributed by atoms with E-state index < -0.39 is 0 Å². The van der Waals surface area contributed by atoms with Gasteiger partial charge in [0.15, 0.2) is 5.16 Å². The molecule has 1 aromatic heterocycles. The highest BCUT2D eigenvalue weighted by Gasteiger charge is 2.59. The van der Waals surface area contributed by atoms with E-state index in [1.165, 1.54) is 12.5 Å². The van der Waals surface area contributed by atoms with Crippen LogP contribution in [0.15, 0.2) is 16.0 Å². The smallest absolute Gasteiger partial charge is 0.316 e. The zero-order valence-electron chi connectivity index (χ0n) is 11.2. The first-order valence-electron chi connectivity index (χ1n) is 6.66. The van der Waals surface area contributed by atoms with E-state index in [1.807, 2.05) is 0 Å². The third kappa shape index (κ3) is 2.30. The minimum absolute atomic E-state index is 0.0576. The second-order valence-electron chi connectivity index (χ2n) is 5.72. The lowest BCUT2D eigenvalue weighted by molar-refractivity contribution is -0.205. The van der Waals surface area contributed by atoms with Gasteiger partial charge >= 0.3 is 5.97 Å². The third-order valence-corrected chi connectivity index (χ3v) is 5.39. The SMILES string of the molecule is CC12CCC1CC2OC(=O)CSc1nc(N)cc(=O)[nH]1. The van der Waals surface area contributed by atoms with Crippen LogP contribution in [0.2, 0.25) is 0 Å². The first kappa shape index (κ1) is 13.5. The molecule has 2 fully saturated rings. The molecule has 1 aromatic rings. The standard InChI is InChI=1S/C13H17N3O3S/c1-13-3-2-7(13)4-8(13)19-11(18)6-20-12-15-9(14)5-10(17)16-12/h5,7-8H,2-4,6H2,1H3,(H3,14,15,16,17). The molecule has 3 N–H and O–H groups in total. The van der Waals surface area contributed by atoms with Gasteiger partial charge in [0.2, 0.25) is 0 Å². The molecular weight excluding hydrogens is 278 g/mol. The van der Waals surface area contributed by atoms with E-state index in [2.05, 4.69) is 16.9 Å². The van der Waals surface area contributed by atoms with Crippen LogP contribution in [0.1, 0.15) is 26.2 Å². The molecule has 1 heterocycles. The molecule has 0 aromatic carbocycles. The summed E-state index contributed by atoms with van der Waals surface area (Å²) in [6.07, 6.45) is 3.45. The van der Waals surface area contributed by atoms with Gasteiger partial charge in [-0.2, -0.15) is 0 Å². The first-order chi connectivity index (χ1) is 9.47. The molecule has 3 atom stereocenters. The summed E-state index contributed by atoms with van der Waals surface area (Å²) in [4.78, 5) is 29.5. The van der Waals surface area contributed by atoms with Gasteiger partial charge < -0.3 is 15.5 Å². The molecule has 3 rings (SSSR count). The highest BCUT2D eigenvalue weighted by Crippen LogP contribution is 2.61. The number of nitrogens with one attached hydrogen (secondary N) is 1. The number of rotatable bonds is 4. The molecule has 2 saturated carbocycles. The number of anilines is 1. The highest BCUT2D eigenvalue weighted by atomic mass is 32.2. The summed E-state index contributed by atoms with van der Waals surface area (Å²) in [6.45, 7) is 2.19. The van der Waals surface area contributed by atoms with Gasteiger partial charge in [0.25, 0.3) is 5.56 Å². The summed E-state index contributed by atoms with van der Waals surface area (Å²) in [6, 6.07) is 1.20. The van der Waals surface area contributed by atoms with E-state index in [-0.39, 0.29) is 34.6 Å². The first-order valence-corrected chi connectivity index (χ1v) is 7.65. The van der Waals surface area contributed by atoms with Crippen LogP contribution in [0.25, 0.3) is 0 Å². The number of H-pyrrole nitrogens is 1. The number of fused-ring (bicyclic) bond motifs is 1. The van der Waals surface area contributed by atoms with Crippen molar-refractivity contribution in [1.29, 1.82) is 0 Å². The minimum Gasteiger partial charge on any atom is -0.461 e. The highest BCUT2D eigenvalue weighted by molar-refractivity contribution is 7.99. The minimum atomic E-state index is -0.322. The Morgan fingerprint density at radius 2 is 2.50 bits per heavy atom. The van der Waals surface area contributed by atoms with Crippen molar-refractivity contribution >= 4 is 23.5 Å². The molecular formula is C13H17N3O3S. The molecule has 20 heavy (non-hydrogen) atoms. The number of thioether (sulfide) groups is 1. The molecule has 108 valence electrons. The second-order valence-corrected chi connectivity index (χ2v) is 6.68. The molecule has 0 saturated heterocycles. The third-order valence-electron chi connectivity index (χ3n) is 4.54. The summed E-state index contributed by atoms with van der Waals surface area (Å²) in [7, 11) is 0. The van der Waals surface area contributed by atoms with Crippen LogP contribution in [0.3, 0.4) is 0 Å². The fourth-order valence-corrected chi connectivity index (χ4v) is 3.67. The molecule has 0 aliphatic heterocycles. The Morgan fingerprint density at radius 1 is 1.70 bits per heavy atom. The van der Waals surface area contributed by atoms with Crippen LogP contribution in [-0.2, 0) is 9.53 Å². The van der Waals surface area contributed by atoms with Crippen molar-refractivity contribution in [2.75, 3.05) is 11.5 Å². The lowest BCUT2D eigenvalue weighted by Crippen LogP contribution is -2.59. The van der Waals surface area contributed by atoms with Gasteiger partial charge in [-0.25, -0.2) is 4.98 Å². The number of carbonyl (C=O) groups is 1. The fourth-order valence-electron chi connectivity index (χ4n) is 3.01. The summed E-state index contributed by atoms with van der Waals surface area (Å²) in [5.41, 5.74) is 5.37. The average Bonchev–Trinajstić information content (AvgIpc) is 2.38. The predicted octanol–water partition coefficient (Wildman–Crippen LogP) is 1.18. The van der Waals surface area contributed by atoms with Crippen LogP contribution in [0.5, 0.6) is 0 Å². The zero-order valence-corrected chi connectivity index (χ0v) is 12.0. The van der Waals surface area contributed by atoms with Crippen molar-refractivity contribution < 1.29 is 9.53 Å². The summed E-state index contributed by atoms with van der Waals surface area (Å²) in [5.74, 6) is 0.744. The molecule has 3 unspecified atom stereocenters. The Kier molecular flexibility index (Phi) is 3.24. The maximum atomic E-state index is 11.8. The van der Waals surface area contributed by atoms with E-state index >= 15 is 0 Å². The summed E-state index contributed by atoms with van der Waals surface area (Å²) >= 11 is 1.13. The van der Waals surface area contributed by atoms with Gasteiger partial charge in [0.1, 0.15) is 11.9 Å². The van der Waals surface area contributed by atoms with Crippen molar-refractivity contribution in [1.82, 2.24) is 9.97 Å². The maximum Gasteiger partial charge on any atom is 0.316 e. The Labute approximate surface area is 120 Å². The molecule has 0 spiro atoms. The Morgan fingerprint density at radius 3 is 3.05 bits per heavy atom. The molecule has 7 heteroatoms. The number of nitrogens with two attached hydrogens (primary N) is 1. The second kappa shape index (κ2) is 4.80. The topological polar surface area (TPSA) is 98.1 Å². The normalized spacial score (nSPS) is 30.9. The molecule has 0 amide bonds. The number of nitrogens with zero attached hydrogens (tertiary/aromatic N) is 1. The van der Waals surface area contributed by atoms with Crippen molar-refractivity contribution in [3.63, 3.8) is 0 Å². The van der Waals surface area contributed by atoms with E-state index in [4.69, 9.17) is 10.5 Å². The maximum absolute atomic E-state index is 11.8. The van der Waals surface area contributed by atoms with Gasteiger partial charge in [-0.05, 0) is 25.2 Å². The quantitative estimate of drug-likeness (QED) is 0.491. The largest absolute Gasteiger partial charge is 0.461 e. The van der Waals surface area contributed by atoms with E-state index in [1.54, 1.807) is 0 Å². The average molecular weight is 295 g/mol. The number of aromatic nitrogens is 2. The van der Waals surface area contributed by atoms with E-state index in [0.717, 1.165) is 30.5 Å². The van der Waals surface area contributed by atoms with Crippen molar-refractivity contribution in [2.45, 2.75) is 37.4 Å². The number of hydrogen-bond acceptors (Lipinski definition) is 6. The number of aromatic amines is 1. The Bertz CT molecular complexity index is 603. The van der Waals surface area contributed by atoms with Gasteiger partial charge in [0.05, 0.1) is 5.75 Å². The summed E-state index contributed by atoms with van der Waals surface area (Å²) in [5, 5.41) is 0.341. The monoisotopic (exact) mass is 295 g/mol. The molecule has 0 radical (unpaired) electrons. The predicted molar refractivity (Wildman–Crippen MR) is 75.3 cm³/mol. The molecule has 6 nitrogen and oxygen atoms in total. The number of nitrogen functional groups attached to an aromatic ring is 1. The van der Waals surface area contributed by atoms with Gasteiger partial charge in [-0.1, -0.05) is 18.7 Å². The van der Waals surface area contributed by atoms with Crippen molar-refractivity contribution in [3.05, 3.63) is 16.4 Å². The van der Waals surface area contributed by atoms with Crippen LogP contribution < -0.4 is 11.3 Å². The number of carbonyl (C=O) groups excluding carboxylic acids is 1. The van der Waals surface area contributed by atoms with Crippen LogP contribution >= 0.6 is 11.8 Å². The van der Waals surface area contributed by atoms with Gasteiger partial charge in [0, 0.05) is 11.5 Å². The van der Waals surface area contributed by atoms with Gasteiger partial charge in [-0.3, -0.25) is 9.59 Å². The summed E-state index contributed by atoms with van der Waals surface area (Å²) < 4.78 is 5.49. The lowest BCUT2D eigenvalue weighted by atomic mass is 9.47. The van der Waals surface area contributed by atoms with Crippen molar-refractivity contribution in [2.24, 2.45) is 11.3 Å². The van der Waals surface area contributed by atoms with Crippen LogP contribution in [-0.4, -0.2) is 27.8 Å². The number of hydrogen-bond donors (Lipinski definition) is 2. The Balaban J connectivity index is 1.51. The molecule has 2 aliphatic rings. The fraction of sp³-hybridized carbons (Fsp3) is 0.615. The number of esters is 1. The Hall–Kier alpha value is -1.50. The van der Waals surface area contributed by atoms with Crippen LogP contribution in [0.4, 0.5) is 5.82 Å². The zero-order chi connectivity index (χ0) is 14.3. The molecule has 2 aliphatic carbocycles. The van der Waals surface area contributed by atoms with Crippen LogP contribution in [0, 0.1) is 11.3 Å². The van der Waals surface area contributed by atoms with Crippen molar-refractivity contribution in [3.8, 4) is 0 Å². The van der Waals surface area contributed by atoms with E-state index in [0.29, 0.717) is 5.16 Å². The van der Waals surface area contributed by atoms with Gasteiger partial charge in [-0.15, -0.1) is 0 Å². The van der Waals surface area contributed by atoms with E-state index in [9.17, 15) is 9.59 Å². The molecule has 0 bridgehead atoms. The lowest BCUT2D eigenvalue weighted by Gasteiger charge is -2.61.